The number of aliphatic hydroxyl groups is 1. The second-order valence-corrected chi connectivity index (χ2v) is 9.39. The van der Waals surface area contributed by atoms with Crippen molar-refractivity contribution >= 4 is 17.4 Å². The molecule has 3 aliphatic rings. The Morgan fingerprint density at radius 2 is 2.08 bits per heavy atom. The zero-order chi connectivity index (χ0) is 25.9. The van der Waals surface area contributed by atoms with Crippen LogP contribution in [0.5, 0.6) is 5.75 Å². The maximum atomic E-state index is 14.0. The number of oxime groups is 1. The minimum absolute atomic E-state index is 0.00705. The summed E-state index contributed by atoms with van der Waals surface area (Å²) < 4.78 is 28.5. The first-order valence-electron chi connectivity index (χ1n) is 11.5. The van der Waals surface area contributed by atoms with Crippen LogP contribution in [0.2, 0.25) is 0 Å². The normalized spacial score (nSPS) is 28.8. The van der Waals surface area contributed by atoms with Crippen molar-refractivity contribution < 1.29 is 33.4 Å². The summed E-state index contributed by atoms with van der Waals surface area (Å²) in [5, 5.41) is 28.1. The van der Waals surface area contributed by atoms with E-state index in [1.165, 1.54) is 17.7 Å². The molecule has 4 heterocycles. The number of carbonyl (C=O) groups excluding carboxylic acids is 2. The molecule has 36 heavy (non-hydrogen) atoms. The van der Waals surface area contributed by atoms with Gasteiger partial charge in [0.1, 0.15) is 28.6 Å². The van der Waals surface area contributed by atoms with Gasteiger partial charge < -0.3 is 24.9 Å². The number of hydrogen-bond acceptors (Lipinski definition) is 8. The Bertz CT molecular complexity index is 1380. The van der Waals surface area contributed by atoms with Gasteiger partial charge in [-0.2, -0.15) is 0 Å². The molecule has 0 radical (unpaired) electrons. The number of aromatic hydroxyl groups is 1. The minimum atomic E-state index is -1.44. The van der Waals surface area contributed by atoms with Crippen molar-refractivity contribution in [2.24, 2.45) is 5.16 Å². The van der Waals surface area contributed by atoms with Crippen LogP contribution < -0.4 is 10.7 Å². The number of amides is 1. The third-order valence-electron chi connectivity index (χ3n) is 7.32. The van der Waals surface area contributed by atoms with Crippen LogP contribution in [0.1, 0.15) is 60.6 Å². The number of aromatic nitrogens is 1. The summed E-state index contributed by atoms with van der Waals surface area (Å²) in [6, 6.07) is 1.84. The second kappa shape index (κ2) is 8.49. The molecule has 5 atom stereocenters. The number of pyridine rings is 1. The molecule has 2 bridgehead atoms. The third kappa shape index (κ3) is 3.51. The van der Waals surface area contributed by atoms with Crippen molar-refractivity contribution in [1.82, 2.24) is 14.8 Å². The summed E-state index contributed by atoms with van der Waals surface area (Å²) in [5.74, 6) is -3.76. The van der Waals surface area contributed by atoms with Crippen LogP contribution in [0.4, 0.5) is 8.78 Å². The van der Waals surface area contributed by atoms with Gasteiger partial charge in [0.2, 0.25) is 16.8 Å². The zero-order valence-corrected chi connectivity index (χ0v) is 19.5. The number of fused-ring (bicyclic) bond motifs is 5. The number of carbonyl (C=O) groups is 2. The highest BCUT2D eigenvalue weighted by Gasteiger charge is 2.58. The summed E-state index contributed by atoms with van der Waals surface area (Å²) in [5.41, 5.74) is -2.94. The highest BCUT2D eigenvalue weighted by Crippen LogP contribution is 2.47. The average Bonchev–Trinajstić information content (AvgIpc) is 3.05. The number of aliphatic hydroxyl groups excluding tert-OH is 1. The second-order valence-electron chi connectivity index (χ2n) is 9.39. The molecule has 5 rings (SSSR count). The molecule has 1 amide bonds. The number of rotatable bonds is 3. The summed E-state index contributed by atoms with van der Waals surface area (Å²) in [6.07, 6.45) is 0.529. The molecule has 1 aromatic heterocycles. The first-order valence-corrected chi connectivity index (χ1v) is 11.5. The molecule has 3 N–H and O–H groups in total. The molecule has 1 saturated heterocycles. The van der Waals surface area contributed by atoms with Crippen LogP contribution in [-0.4, -0.2) is 55.3 Å². The van der Waals surface area contributed by atoms with E-state index in [-0.39, 0.29) is 48.3 Å². The van der Waals surface area contributed by atoms with Gasteiger partial charge in [-0.15, -0.1) is 0 Å². The summed E-state index contributed by atoms with van der Waals surface area (Å²) in [6.45, 7) is 3.17. The van der Waals surface area contributed by atoms with E-state index >= 15 is 0 Å². The molecule has 12 heteroatoms. The zero-order valence-electron chi connectivity index (χ0n) is 19.5. The predicted molar refractivity (Wildman–Crippen MR) is 121 cm³/mol. The van der Waals surface area contributed by atoms with Crippen molar-refractivity contribution in [2.45, 2.75) is 57.1 Å². The topological polar surface area (TPSA) is 133 Å². The number of nitrogens with one attached hydrogen (secondary N) is 1. The third-order valence-corrected chi connectivity index (χ3v) is 7.32. The van der Waals surface area contributed by atoms with Crippen LogP contribution in [0, 0.1) is 11.6 Å². The molecule has 190 valence electrons. The van der Waals surface area contributed by atoms with E-state index in [2.05, 4.69) is 10.5 Å². The Balaban J connectivity index is 1.57. The van der Waals surface area contributed by atoms with E-state index in [1.807, 2.05) is 6.92 Å². The van der Waals surface area contributed by atoms with Gasteiger partial charge in [-0.05, 0) is 26.3 Å². The molecule has 0 aliphatic carbocycles. The molecular weight excluding hydrogens is 478 g/mol. The van der Waals surface area contributed by atoms with Gasteiger partial charge in [0.15, 0.2) is 12.0 Å². The number of nitrogens with zero attached hydrogens (tertiary/aromatic N) is 3. The van der Waals surface area contributed by atoms with E-state index in [1.54, 1.807) is 4.90 Å². The van der Waals surface area contributed by atoms with Crippen molar-refractivity contribution in [2.75, 3.05) is 6.54 Å². The molecule has 3 aliphatic heterocycles. The van der Waals surface area contributed by atoms with Crippen LogP contribution in [0.3, 0.4) is 0 Å². The van der Waals surface area contributed by atoms with E-state index in [4.69, 9.17) is 4.84 Å². The lowest BCUT2D eigenvalue weighted by atomic mass is 9.83. The summed E-state index contributed by atoms with van der Waals surface area (Å²) >= 11 is 0. The van der Waals surface area contributed by atoms with Crippen LogP contribution in [0.15, 0.2) is 34.3 Å². The SMILES string of the molecule is CC1=NO[C@]2(CC[C@H](C)N3C[C@H]2n2cc(C(=O)NCc4ccc(F)cc4F)c(=O)c(O)c2C3O)C1=O. The lowest BCUT2D eigenvalue weighted by Gasteiger charge is -2.44. The number of hydrogen-bond donors (Lipinski definition) is 3. The molecule has 10 nitrogen and oxygen atoms in total. The maximum Gasteiger partial charge on any atom is 0.257 e. The fourth-order valence-corrected chi connectivity index (χ4v) is 5.25. The van der Waals surface area contributed by atoms with E-state index in [0.29, 0.717) is 12.5 Å². The number of benzene rings is 1. The van der Waals surface area contributed by atoms with Gasteiger partial charge in [0, 0.05) is 43.4 Å². The Hall–Kier alpha value is -3.64. The highest BCUT2D eigenvalue weighted by molar-refractivity contribution is 6.43. The van der Waals surface area contributed by atoms with Gasteiger partial charge in [0.05, 0.1) is 6.04 Å². The Morgan fingerprint density at radius 1 is 1.33 bits per heavy atom. The fourth-order valence-electron chi connectivity index (χ4n) is 5.25. The molecule has 2 aromatic rings. The summed E-state index contributed by atoms with van der Waals surface area (Å²) in [7, 11) is 0. The number of Topliss-reactive ketones (excluding diaryl/α,β-unsaturated/α-hetero) is 1. The number of ketones is 1. The lowest BCUT2D eigenvalue weighted by Crippen LogP contribution is -2.54. The van der Waals surface area contributed by atoms with Crippen molar-refractivity contribution in [3.05, 3.63) is 63.1 Å². The monoisotopic (exact) mass is 502 g/mol. The molecule has 2 unspecified atom stereocenters. The van der Waals surface area contributed by atoms with Gasteiger partial charge >= 0.3 is 0 Å². The van der Waals surface area contributed by atoms with Gasteiger partial charge in [0.25, 0.3) is 5.91 Å². The Labute approximate surface area is 203 Å². The van der Waals surface area contributed by atoms with Crippen molar-refractivity contribution in [1.29, 1.82) is 0 Å². The van der Waals surface area contributed by atoms with E-state index < -0.39 is 52.2 Å². The predicted octanol–water partition coefficient (Wildman–Crippen LogP) is 1.51. The summed E-state index contributed by atoms with van der Waals surface area (Å²) in [4.78, 5) is 46.5. The fraction of sp³-hybridized carbons (Fsp3) is 0.417. The first-order chi connectivity index (χ1) is 17.0. The van der Waals surface area contributed by atoms with Gasteiger partial charge in [-0.1, -0.05) is 11.2 Å². The largest absolute Gasteiger partial charge is 0.503 e. The standard InChI is InChI=1S/C24H24F2N4O6/c1-11-5-6-24(21(33)12(2)28-36-24)17-10-29(11)23(35)18-20(32)19(31)15(9-30(17)18)22(34)27-8-13-3-4-14(25)7-16(13)26/h3-4,7,9,11,17,23,32,35H,5-6,8,10H2,1-2H3,(H,27,34)/t11-,17+,23?,24-/m0/s1. The van der Waals surface area contributed by atoms with E-state index in [0.717, 1.165) is 12.1 Å². The van der Waals surface area contributed by atoms with Crippen molar-refractivity contribution in [3.63, 3.8) is 0 Å². The van der Waals surface area contributed by atoms with Crippen LogP contribution in [0.25, 0.3) is 0 Å². The van der Waals surface area contributed by atoms with Gasteiger partial charge in [-0.3, -0.25) is 19.3 Å². The smallest absolute Gasteiger partial charge is 0.257 e. The van der Waals surface area contributed by atoms with Crippen LogP contribution in [-0.2, 0) is 16.2 Å². The lowest BCUT2D eigenvalue weighted by molar-refractivity contribution is -0.144. The quantitative estimate of drug-likeness (QED) is 0.579. The Kier molecular flexibility index (Phi) is 5.67. The van der Waals surface area contributed by atoms with Crippen LogP contribution >= 0.6 is 0 Å². The molecule has 0 saturated carbocycles. The molecule has 1 fully saturated rings. The molecule has 1 spiro atoms. The highest BCUT2D eigenvalue weighted by atomic mass is 19.1. The van der Waals surface area contributed by atoms with Crippen molar-refractivity contribution in [3.8, 4) is 5.75 Å². The van der Waals surface area contributed by atoms with E-state index in [9.17, 15) is 33.4 Å². The minimum Gasteiger partial charge on any atom is -0.503 e. The van der Waals surface area contributed by atoms with Gasteiger partial charge in [-0.25, -0.2) is 8.78 Å². The maximum absolute atomic E-state index is 14.0. The molecule has 1 aromatic carbocycles. The Morgan fingerprint density at radius 3 is 2.75 bits per heavy atom. The molecular formula is C24H24F2N4O6. The number of halogens is 2. The average molecular weight is 502 g/mol. The first kappa shape index (κ1) is 24.1.